The van der Waals surface area contributed by atoms with Crippen molar-refractivity contribution in [3.05, 3.63) is 48.0 Å². The van der Waals surface area contributed by atoms with E-state index in [1.165, 1.54) is 13.2 Å². The smallest absolute Gasteiger partial charge is 0.330 e. The highest BCUT2D eigenvalue weighted by Crippen LogP contribution is 2.27. The summed E-state index contributed by atoms with van der Waals surface area (Å²) in [6.45, 7) is 1.99. The lowest BCUT2D eigenvalue weighted by molar-refractivity contribution is -0.134. The third-order valence-corrected chi connectivity index (χ3v) is 2.91. The van der Waals surface area contributed by atoms with Crippen LogP contribution in [0, 0.1) is 5.92 Å². The number of ether oxygens (including phenoxy) is 1. The molecule has 0 spiro atoms. The van der Waals surface area contributed by atoms with Crippen molar-refractivity contribution in [2.45, 2.75) is 19.3 Å². The van der Waals surface area contributed by atoms with Crippen molar-refractivity contribution in [1.82, 2.24) is 0 Å². The molecular weight excluding hydrogens is 228 g/mol. The Morgan fingerprint density at radius 2 is 2.00 bits per heavy atom. The van der Waals surface area contributed by atoms with E-state index in [4.69, 9.17) is 0 Å². The van der Waals surface area contributed by atoms with Crippen molar-refractivity contribution >= 4 is 12.3 Å². The Morgan fingerprint density at radius 3 is 2.56 bits per heavy atom. The monoisotopic (exact) mass is 246 g/mol. The van der Waals surface area contributed by atoms with Gasteiger partial charge in [-0.1, -0.05) is 43.3 Å². The highest BCUT2D eigenvalue weighted by Gasteiger charge is 2.16. The maximum Gasteiger partial charge on any atom is 0.330 e. The largest absolute Gasteiger partial charge is 0.466 e. The molecule has 96 valence electrons. The summed E-state index contributed by atoms with van der Waals surface area (Å²) >= 11 is 0. The number of hydrogen-bond donors (Lipinski definition) is 0. The third-order valence-electron chi connectivity index (χ3n) is 2.91. The summed E-state index contributed by atoms with van der Waals surface area (Å²) in [7, 11) is 1.35. The Kier molecular flexibility index (Phi) is 5.85. The molecule has 0 radical (unpaired) electrons. The summed E-state index contributed by atoms with van der Waals surface area (Å²) in [6.07, 6.45) is 4.59. The quantitative estimate of drug-likeness (QED) is 0.440. The average molecular weight is 246 g/mol. The topological polar surface area (TPSA) is 43.4 Å². The minimum Gasteiger partial charge on any atom is -0.466 e. The van der Waals surface area contributed by atoms with Gasteiger partial charge in [0.25, 0.3) is 0 Å². The van der Waals surface area contributed by atoms with Crippen LogP contribution in [0.25, 0.3) is 0 Å². The van der Waals surface area contributed by atoms with Gasteiger partial charge < -0.3 is 9.53 Å². The second kappa shape index (κ2) is 7.43. The molecule has 1 aromatic carbocycles. The first kappa shape index (κ1) is 14.2. The molecule has 0 heterocycles. The maximum absolute atomic E-state index is 11.1. The van der Waals surface area contributed by atoms with Gasteiger partial charge in [-0.25, -0.2) is 4.79 Å². The summed E-state index contributed by atoms with van der Waals surface area (Å²) in [4.78, 5) is 21.8. The summed E-state index contributed by atoms with van der Waals surface area (Å²) < 4.78 is 4.58. The summed E-state index contributed by atoms with van der Waals surface area (Å²) in [5, 5.41) is 0. The van der Waals surface area contributed by atoms with Crippen LogP contribution >= 0.6 is 0 Å². The van der Waals surface area contributed by atoms with Gasteiger partial charge in [0.15, 0.2) is 0 Å². The number of carbonyl (C=O) groups excluding carboxylic acids is 2. The van der Waals surface area contributed by atoms with E-state index in [1.807, 2.05) is 37.3 Å². The molecule has 2 atom stereocenters. The number of aldehydes is 1. The molecule has 0 aliphatic carbocycles. The van der Waals surface area contributed by atoms with Crippen LogP contribution in [0.1, 0.15) is 24.8 Å². The predicted molar refractivity (Wildman–Crippen MR) is 70.2 cm³/mol. The molecule has 0 N–H and O–H groups in total. The molecule has 0 unspecified atom stereocenters. The highest BCUT2D eigenvalue weighted by atomic mass is 16.5. The van der Waals surface area contributed by atoms with Crippen LogP contribution in [-0.2, 0) is 14.3 Å². The molecule has 18 heavy (non-hydrogen) atoms. The van der Waals surface area contributed by atoms with E-state index in [1.54, 1.807) is 6.08 Å². The molecule has 0 aliphatic rings. The number of hydrogen-bond acceptors (Lipinski definition) is 3. The third kappa shape index (κ3) is 4.17. The fourth-order valence-corrected chi connectivity index (χ4v) is 1.85. The van der Waals surface area contributed by atoms with E-state index in [0.717, 1.165) is 11.8 Å². The Labute approximate surface area is 107 Å². The molecule has 3 heteroatoms. The number of esters is 1. The van der Waals surface area contributed by atoms with Crippen molar-refractivity contribution < 1.29 is 14.3 Å². The second-order valence-corrected chi connectivity index (χ2v) is 4.20. The number of allylic oxidation sites excluding steroid dienone is 1. The first-order valence-electron chi connectivity index (χ1n) is 5.93. The lowest BCUT2D eigenvalue weighted by Gasteiger charge is -2.19. The molecular formula is C15H18O3. The highest BCUT2D eigenvalue weighted by molar-refractivity contribution is 5.81. The van der Waals surface area contributed by atoms with E-state index in [9.17, 15) is 9.59 Å². The van der Waals surface area contributed by atoms with Gasteiger partial charge in [0.05, 0.1) is 7.11 Å². The first-order chi connectivity index (χ1) is 8.69. The number of rotatable bonds is 6. The lowest BCUT2D eigenvalue weighted by Crippen LogP contribution is -2.09. The summed E-state index contributed by atoms with van der Waals surface area (Å²) in [5.41, 5.74) is 1.09. The fraction of sp³-hybridized carbons (Fsp3) is 0.333. The second-order valence-electron chi connectivity index (χ2n) is 4.20. The zero-order valence-corrected chi connectivity index (χ0v) is 10.7. The molecule has 3 nitrogen and oxygen atoms in total. The number of methoxy groups -OCH3 is 1. The average Bonchev–Trinajstić information content (AvgIpc) is 2.40. The van der Waals surface area contributed by atoms with E-state index in [0.29, 0.717) is 6.42 Å². The zero-order valence-electron chi connectivity index (χ0n) is 10.7. The van der Waals surface area contributed by atoms with Crippen molar-refractivity contribution in [2.75, 3.05) is 7.11 Å². The molecule has 0 fully saturated rings. The zero-order chi connectivity index (χ0) is 13.4. The molecule has 0 aliphatic heterocycles. The predicted octanol–water partition coefficient (Wildman–Crippen LogP) is 2.72. The molecule has 0 amide bonds. The van der Waals surface area contributed by atoms with E-state index >= 15 is 0 Å². The van der Waals surface area contributed by atoms with Gasteiger partial charge in [0.2, 0.25) is 0 Å². The molecule has 0 bridgehead atoms. The van der Waals surface area contributed by atoms with Gasteiger partial charge >= 0.3 is 5.97 Å². The van der Waals surface area contributed by atoms with Gasteiger partial charge in [-0.15, -0.1) is 0 Å². The van der Waals surface area contributed by atoms with Crippen LogP contribution in [0.3, 0.4) is 0 Å². The molecule has 0 saturated heterocycles. The Balaban J connectivity index is 2.92. The van der Waals surface area contributed by atoms with Crippen LogP contribution in [-0.4, -0.2) is 19.4 Å². The number of carbonyl (C=O) groups is 2. The van der Waals surface area contributed by atoms with Crippen molar-refractivity contribution in [3.8, 4) is 0 Å². The minimum atomic E-state index is -0.380. The molecule has 0 aromatic heterocycles. The first-order valence-corrected chi connectivity index (χ1v) is 5.93. The van der Waals surface area contributed by atoms with Crippen LogP contribution in [0.2, 0.25) is 0 Å². The standard InChI is InChI=1S/C15H18O3/c1-12(10-11-16)14(8-9-15(17)18-2)13-6-4-3-5-7-13/h3-9,11-12,14H,10H2,1-2H3/t12-,14-/m0/s1. The van der Waals surface area contributed by atoms with Gasteiger partial charge in [0.1, 0.15) is 6.29 Å². The van der Waals surface area contributed by atoms with Gasteiger partial charge in [-0.05, 0) is 11.5 Å². The molecule has 0 saturated carbocycles. The number of benzene rings is 1. The van der Waals surface area contributed by atoms with Gasteiger partial charge in [-0.2, -0.15) is 0 Å². The van der Waals surface area contributed by atoms with Gasteiger partial charge in [0, 0.05) is 18.4 Å². The molecule has 1 aromatic rings. The van der Waals surface area contributed by atoms with Crippen LogP contribution < -0.4 is 0 Å². The maximum atomic E-state index is 11.1. The van der Waals surface area contributed by atoms with Crippen molar-refractivity contribution in [2.24, 2.45) is 5.92 Å². The normalized spacial score (nSPS) is 14.1. The van der Waals surface area contributed by atoms with Crippen molar-refractivity contribution in [1.29, 1.82) is 0 Å². The van der Waals surface area contributed by atoms with Crippen molar-refractivity contribution in [3.63, 3.8) is 0 Å². The SMILES string of the molecule is COC(=O)C=C[C@H](c1ccccc1)[C@@H](C)CC=O. The van der Waals surface area contributed by atoms with Crippen LogP contribution in [0.4, 0.5) is 0 Å². The fourth-order valence-electron chi connectivity index (χ4n) is 1.85. The van der Waals surface area contributed by atoms with Crippen LogP contribution in [0.5, 0.6) is 0 Å². The Hall–Kier alpha value is -1.90. The van der Waals surface area contributed by atoms with E-state index < -0.39 is 0 Å². The van der Waals surface area contributed by atoms with E-state index in [2.05, 4.69) is 4.74 Å². The lowest BCUT2D eigenvalue weighted by atomic mass is 9.85. The minimum absolute atomic E-state index is 0.0375. The van der Waals surface area contributed by atoms with Crippen LogP contribution in [0.15, 0.2) is 42.5 Å². The molecule has 1 rings (SSSR count). The Morgan fingerprint density at radius 1 is 1.33 bits per heavy atom. The summed E-state index contributed by atoms with van der Waals surface area (Å²) in [6, 6.07) is 9.82. The Bertz CT molecular complexity index is 409. The van der Waals surface area contributed by atoms with E-state index in [-0.39, 0.29) is 17.8 Å². The van der Waals surface area contributed by atoms with Gasteiger partial charge in [-0.3, -0.25) is 0 Å². The summed E-state index contributed by atoms with van der Waals surface area (Å²) in [5.74, 6) is -0.199.